The van der Waals surface area contributed by atoms with Crippen LogP contribution >= 0.6 is 0 Å². The van der Waals surface area contributed by atoms with Crippen molar-refractivity contribution in [2.45, 2.75) is 26.2 Å². The summed E-state index contributed by atoms with van der Waals surface area (Å²) in [7, 11) is 1.91. The van der Waals surface area contributed by atoms with Gasteiger partial charge in [-0.25, -0.2) is 9.97 Å². The Morgan fingerprint density at radius 1 is 1.28 bits per heavy atom. The van der Waals surface area contributed by atoms with Crippen LogP contribution in [0.4, 0.5) is 5.95 Å². The highest BCUT2D eigenvalue weighted by Crippen LogP contribution is 2.22. The third kappa shape index (κ3) is 4.56. The standard InChI is InChI=1S/C20H26N4O/c1-16-10-12-21-20(22-16)24-13-6-9-18(15-24)19(25)23(2)14-11-17-7-4-3-5-8-17/h3-5,7-8,10,12,18H,6,9,11,13-15H2,1-2H3. The molecule has 3 rings (SSSR count). The summed E-state index contributed by atoms with van der Waals surface area (Å²) in [6.07, 6.45) is 4.62. The van der Waals surface area contributed by atoms with Crippen LogP contribution in [0.25, 0.3) is 0 Å². The maximum absolute atomic E-state index is 12.8. The first-order chi connectivity index (χ1) is 12.1. The molecule has 1 aromatic heterocycles. The molecule has 1 aromatic carbocycles. The average molecular weight is 338 g/mol. The summed E-state index contributed by atoms with van der Waals surface area (Å²) in [5, 5.41) is 0. The fourth-order valence-corrected chi connectivity index (χ4v) is 3.31. The van der Waals surface area contributed by atoms with Gasteiger partial charge in [-0.3, -0.25) is 4.79 Å². The Hall–Kier alpha value is -2.43. The van der Waals surface area contributed by atoms with Crippen molar-refractivity contribution in [1.82, 2.24) is 14.9 Å². The Morgan fingerprint density at radius 3 is 2.84 bits per heavy atom. The fraction of sp³-hybridized carbons (Fsp3) is 0.450. The molecule has 5 nitrogen and oxygen atoms in total. The van der Waals surface area contributed by atoms with Crippen LogP contribution in [-0.4, -0.2) is 47.5 Å². The second kappa shape index (κ2) is 8.10. The van der Waals surface area contributed by atoms with E-state index in [1.54, 1.807) is 6.20 Å². The Balaban J connectivity index is 1.57. The molecule has 0 bridgehead atoms. The normalized spacial score (nSPS) is 17.4. The first-order valence-corrected chi connectivity index (χ1v) is 8.97. The molecule has 1 aliphatic heterocycles. The van der Waals surface area contributed by atoms with E-state index in [0.29, 0.717) is 6.54 Å². The highest BCUT2D eigenvalue weighted by molar-refractivity contribution is 5.79. The van der Waals surface area contributed by atoms with Crippen LogP contribution in [0.1, 0.15) is 24.1 Å². The van der Waals surface area contributed by atoms with Crippen molar-refractivity contribution in [1.29, 1.82) is 0 Å². The predicted molar refractivity (Wildman–Crippen MR) is 99.5 cm³/mol. The number of piperidine rings is 1. The Bertz CT molecular complexity index is 704. The number of aryl methyl sites for hydroxylation is 1. The minimum atomic E-state index is 0.0265. The number of rotatable bonds is 5. The van der Waals surface area contributed by atoms with Gasteiger partial charge >= 0.3 is 0 Å². The molecule has 1 saturated heterocycles. The number of nitrogens with zero attached hydrogens (tertiary/aromatic N) is 4. The van der Waals surface area contributed by atoms with Crippen molar-refractivity contribution >= 4 is 11.9 Å². The zero-order chi connectivity index (χ0) is 17.6. The molecule has 1 aliphatic rings. The summed E-state index contributed by atoms with van der Waals surface area (Å²) in [4.78, 5) is 25.7. The molecule has 0 aliphatic carbocycles. The van der Waals surface area contributed by atoms with Crippen LogP contribution in [-0.2, 0) is 11.2 Å². The van der Waals surface area contributed by atoms with Gasteiger partial charge in [0.15, 0.2) is 0 Å². The van der Waals surface area contributed by atoms with E-state index in [2.05, 4.69) is 27.0 Å². The van der Waals surface area contributed by atoms with Crippen LogP contribution in [0.2, 0.25) is 0 Å². The zero-order valence-electron chi connectivity index (χ0n) is 15.1. The number of hydrogen-bond donors (Lipinski definition) is 0. The van der Waals surface area contributed by atoms with E-state index < -0.39 is 0 Å². The predicted octanol–water partition coefficient (Wildman–Crippen LogP) is 2.70. The smallest absolute Gasteiger partial charge is 0.227 e. The van der Waals surface area contributed by atoms with Crippen LogP contribution < -0.4 is 4.90 Å². The van der Waals surface area contributed by atoms with Gasteiger partial charge in [-0.2, -0.15) is 0 Å². The van der Waals surface area contributed by atoms with Gasteiger partial charge in [0.1, 0.15) is 0 Å². The summed E-state index contributed by atoms with van der Waals surface area (Å²) in [6.45, 7) is 4.34. The molecule has 25 heavy (non-hydrogen) atoms. The second-order valence-electron chi connectivity index (χ2n) is 6.78. The van der Waals surface area contributed by atoms with Crippen molar-refractivity contribution in [2.75, 3.05) is 31.6 Å². The lowest BCUT2D eigenvalue weighted by atomic mass is 9.96. The third-order valence-corrected chi connectivity index (χ3v) is 4.79. The molecule has 0 N–H and O–H groups in total. The van der Waals surface area contributed by atoms with Gasteiger partial charge in [-0.1, -0.05) is 30.3 Å². The lowest BCUT2D eigenvalue weighted by Gasteiger charge is -2.34. The maximum atomic E-state index is 12.8. The van der Waals surface area contributed by atoms with Crippen molar-refractivity contribution in [3.63, 3.8) is 0 Å². The van der Waals surface area contributed by atoms with E-state index in [1.807, 2.05) is 43.1 Å². The van der Waals surface area contributed by atoms with Crippen molar-refractivity contribution in [3.8, 4) is 0 Å². The molecule has 2 aromatic rings. The van der Waals surface area contributed by atoms with Gasteiger partial charge in [0.25, 0.3) is 0 Å². The summed E-state index contributed by atoms with van der Waals surface area (Å²) < 4.78 is 0. The molecule has 0 radical (unpaired) electrons. The minimum absolute atomic E-state index is 0.0265. The maximum Gasteiger partial charge on any atom is 0.227 e. The van der Waals surface area contributed by atoms with E-state index in [-0.39, 0.29) is 11.8 Å². The van der Waals surface area contributed by atoms with Crippen LogP contribution in [0.3, 0.4) is 0 Å². The number of anilines is 1. The highest BCUT2D eigenvalue weighted by atomic mass is 16.2. The molecule has 0 spiro atoms. The van der Waals surface area contributed by atoms with Gasteiger partial charge in [0, 0.05) is 38.6 Å². The topological polar surface area (TPSA) is 49.3 Å². The summed E-state index contributed by atoms with van der Waals surface area (Å²) in [5.74, 6) is 0.997. The molecule has 5 heteroatoms. The third-order valence-electron chi connectivity index (χ3n) is 4.79. The Kier molecular flexibility index (Phi) is 5.64. The van der Waals surface area contributed by atoms with Crippen LogP contribution in [0.5, 0.6) is 0 Å². The second-order valence-corrected chi connectivity index (χ2v) is 6.78. The average Bonchev–Trinajstić information content (AvgIpc) is 2.66. The van der Waals surface area contributed by atoms with Crippen LogP contribution in [0, 0.1) is 12.8 Å². The first kappa shape index (κ1) is 17.4. The number of amides is 1. The summed E-state index contributed by atoms with van der Waals surface area (Å²) in [6, 6.07) is 12.2. The molecular formula is C20H26N4O. The van der Waals surface area contributed by atoms with E-state index in [9.17, 15) is 4.79 Å². The Labute approximate surface area is 149 Å². The highest BCUT2D eigenvalue weighted by Gasteiger charge is 2.29. The molecule has 0 saturated carbocycles. The molecule has 1 unspecified atom stereocenters. The van der Waals surface area contributed by atoms with E-state index >= 15 is 0 Å². The summed E-state index contributed by atoms with van der Waals surface area (Å²) in [5.41, 5.74) is 2.22. The molecular weight excluding hydrogens is 312 g/mol. The minimum Gasteiger partial charge on any atom is -0.345 e. The molecule has 1 fully saturated rings. The van der Waals surface area contributed by atoms with E-state index in [0.717, 1.165) is 44.0 Å². The van der Waals surface area contributed by atoms with Gasteiger partial charge < -0.3 is 9.80 Å². The lowest BCUT2D eigenvalue weighted by molar-refractivity contribution is -0.134. The monoisotopic (exact) mass is 338 g/mol. The lowest BCUT2D eigenvalue weighted by Crippen LogP contribution is -2.44. The molecule has 132 valence electrons. The number of carbonyl (C=O) groups excluding carboxylic acids is 1. The van der Waals surface area contributed by atoms with E-state index in [1.165, 1.54) is 5.56 Å². The molecule has 1 atom stereocenters. The van der Waals surface area contributed by atoms with Crippen molar-refractivity contribution in [2.24, 2.45) is 5.92 Å². The summed E-state index contributed by atoms with van der Waals surface area (Å²) >= 11 is 0. The fourth-order valence-electron chi connectivity index (χ4n) is 3.31. The van der Waals surface area contributed by atoms with Crippen molar-refractivity contribution < 1.29 is 4.79 Å². The van der Waals surface area contributed by atoms with Gasteiger partial charge in [0.05, 0.1) is 5.92 Å². The molecule has 1 amide bonds. The van der Waals surface area contributed by atoms with Gasteiger partial charge in [-0.15, -0.1) is 0 Å². The first-order valence-electron chi connectivity index (χ1n) is 8.97. The van der Waals surface area contributed by atoms with Gasteiger partial charge in [-0.05, 0) is 37.8 Å². The largest absolute Gasteiger partial charge is 0.345 e. The number of benzene rings is 1. The Morgan fingerprint density at radius 2 is 2.08 bits per heavy atom. The van der Waals surface area contributed by atoms with Crippen LogP contribution in [0.15, 0.2) is 42.6 Å². The van der Waals surface area contributed by atoms with Gasteiger partial charge in [0.2, 0.25) is 11.9 Å². The number of carbonyl (C=O) groups is 1. The number of aromatic nitrogens is 2. The quantitative estimate of drug-likeness (QED) is 0.841. The van der Waals surface area contributed by atoms with E-state index in [4.69, 9.17) is 0 Å². The van der Waals surface area contributed by atoms with Crippen molar-refractivity contribution in [3.05, 3.63) is 53.9 Å². The SMILES string of the molecule is Cc1ccnc(N2CCCC(C(=O)N(C)CCc3ccccc3)C2)n1. The number of likely N-dealkylation sites (N-methyl/N-ethyl adjacent to an activating group) is 1. The molecule has 2 heterocycles. The number of hydrogen-bond acceptors (Lipinski definition) is 4. The zero-order valence-corrected chi connectivity index (χ0v) is 15.1.